The molecule has 2 aromatic heterocycles. The normalized spacial score (nSPS) is 29.3. The number of fused-ring (bicyclic) bond motifs is 3. The van der Waals surface area contributed by atoms with Crippen molar-refractivity contribution < 1.29 is 9.90 Å². The molecule has 6 heteroatoms. The molecular weight excluding hydrogens is 292 g/mol. The number of amides is 1. The van der Waals surface area contributed by atoms with Gasteiger partial charge < -0.3 is 10.4 Å². The fourth-order valence-corrected chi connectivity index (χ4v) is 4.55. The molecule has 0 spiro atoms. The van der Waals surface area contributed by atoms with Gasteiger partial charge in [0.25, 0.3) is 5.91 Å². The minimum absolute atomic E-state index is 0.0792. The van der Waals surface area contributed by atoms with E-state index in [0.29, 0.717) is 17.4 Å². The summed E-state index contributed by atoms with van der Waals surface area (Å²) >= 11 is 0. The molecule has 2 aromatic rings. The third kappa shape index (κ3) is 2.24. The van der Waals surface area contributed by atoms with Crippen molar-refractivity contribution in [2.45, 2.75) is 32.2 Å². The second-order valence-electron chi connectivity index (χ2n) is 7.00. The zero-order chi connectivity index (χ0) is 16.1. The van der Waals surface area contributed by atoms with Gasteiger partial charge in [0, 0.05) is 31.3 Å². The maximum atomic E-state index is 12.9. The molecule has 2 heterocycles. The van der Waals surface area contributed by atoms with Crippen LogP contribution >= 0.6 is 0 Å². The molecule has 2 fully saturated rings. The number of aryl methyl sites for hydroxylation is 2. The highest BCUT2D eigenvalue weighted by Crippen LogP contribution is 2.48. The number of rotatable bonds is 3. The summed E-state index contributed by atoms with van der Waals surface area (Å²) in [6.45, 7) is 2.04. The minimum Gasteiger partial charge on any atom is -0.396 e. The second-order valence-corrected chi connectivity index (χ2v) is 7.00. The van der Waals surface area contributed by atoms with Crippen molar-refractivity contribution in [3.05, 3.63) is 23.5 Å². The fourth-order valence-electron chi connectivity index (χ4n) is 4.55. The van der Waals surface area contributed by atoms with Gasteiger partial charge >= 0.3 is 0 Å². The second kappa shape index (κ2) is 5.30. The number of aromatic nitrogens is 3. The number of hydrogen-bond acceptors (Lipinski definition) is 4. The van der Waals surface area contributed by atoms with E-state index in [-0.39, 0.29) is 24.5 Å². The number of nitrogens with one attached hydrogen (secondary N) is 1. The van der Waals surface area contributed by atoms with E-state index in [2.05, 4.69) is 15.4 Å². The molecule has 4 atom stereocenters. The largest absolute Gasteiger partial charge is 0.396 e. The molecule has 23 heavy (non-hydrogen) atoms. The summed E-state index contributed by atoms with van der Waals surface area (Å²) in [7, 11) is 1.83. The molecule has 2 bridgehead atoms. The van der Waals surface area contributed by atoms with Crippen LogP contribution in [0, 0.1) is 24.7 Å². The van der Waals surface area contributed by atoms with Gasteiger partial charge in [-0.15, -0.1) is 0 Å². The lowest BCUT2D eigenvalue weighted by atomic mass is 9.85. The van der Waals surface area contributed by atoms with Crippen LogP contribution in [0.5, 0.6) is 0 Å². The van der Waals surface area contributed by atoms with Crippen LogP contribution in [0.4, 0.5) is 0 Å². The van der Waals surface area contributed by atoms with Crippen LogP contribution in [-0.2, 0) is 7.05 Å². The van der Waals surface area contributed by atoms with Crippen molar-refractivity contribution in [1.82, 2.24) is 20.1 Å². The quantitative estimate of drug-likeness (QED) is 0.898. The Morgan fingerprint density at radius 2 is 2.22 bits per heavy atom. The molecule has 2 aliphatic rings. The highest BCUT2D eigenvalue weighted by molar-refractivity contribution is 6.05. The molecule has 1 amide bonds. The first-order chi connectivity index (χ1) is 11.1. The summed E-state index contributed by atoms with van der Waals surface area (Å²) in [5, 5.41) is 17.9. The number of aliphatic hydroxyl groups excluding tert-OH is 1. The average Bonchev–Trinajstić information content (AvgIpc) is 3.22. The maximum absolute atomic E-state index is 12.9. The molecule has 4 rings (SSSR count). The highest BCUT2D eigenvalue weighted by Gasteiger charge is 2.47. The van der Waals surface area contributed by atoms with Crippen LogP contribution in [0.25, 0.3) is 11.0 Å². The van der Waals surface area contributed by atoms with Crippen LogP contribution in [0.15, 0.2) is 12.3 Å². The smallest absolute Gasteiger partial charge is 0.252 e. The minimum atomic E-state index is -0.0792. The van der Waals surface area contributed by atoms with Crippen molar-refractivity contribution in [3.8, 4) is 0 Å². The molecule has 6 nitrogen and oxygen atoms in total. The van der Waals surface area contributed by atoms with Gasteiger partial charge in [0.1, 0.15) is 0 Å². The van der Waals surface area contributed by atoms with Gasteiger partial charge in [-0.1, -0.05) is 0 Å². The molecule has 2 N–H and O–H groups in total. The van der Waals surface area contributed by atoms with E-state index < -0.39 is 0 Å². The fraction of sp³-hybridized carbons (Fsp3) is 0.588. The van der Waals surface area contributed by atoms with Crippen LogP contribution in [-0.4, -0.2) is 38.4 Å². The number of carbonyl (C=O) groups excluding carboxylic acids is 1. The Bertz CT molecular complexity index is 769. The van der Waals surface area contributed by atoms with E-state index in [0.717, 1.165) is 29.6 Å². The molecule has 0 saturated heterocycles. The van der Waals surface area contributed by atoms with Crippen molar-refractivity contribution in [1.29, 1.82) is 0 Å². The average molecular weight is 314 g/mol. The molecule has 2 aliphatic carbocycles. The number of nitrogens with zero attached hydrogens (tertiary/aromatic N) is 3. The summed E-state index contributed by atoms with van der Waals surface area (Å²) in [6.07, 6.45) is 5.17. The first kappa shape index (κ1) is 14.6. The summed E-state index contributed by atoms with van der Waals surface area (Å²) in [5.41, 5.74) is 2.15. The summed E-state index contributed by atoms with van der Waals surface area (Å²) < 4.78 is 1.69. The lowest BCUT2D eigenvalue weighted by molar-refractivity contribution is 0.0863. The van der Waals surface area contributed by atoms with Gasteiger partial charge in [-0.05, 0) is 44.1 Å². The predicted octanol–water partition coefficient (Wildman–Crippen LogP) is 1.41. The summed E-state index contributed by atoms with van der Waals surface area (Å²) in [6, 6.07) is 1.91. The van der Waals surface area contributed by atoms with Crippen molar-refractivity contribution in [2.75, 3.05) is 6.61 Å². The third-order valence-corrected chi connectivity index (χ3v) is 5.67. The van der Waals surface area contributed by atoms with E-state index >= 15 is 0 Å². The van der Waals surface area contributed by atoms with Crippen molar-refractivity contribution in [2.24, 2.45) is 24.8 Å². The first-order valence-electron chi connectivity index (χ1n) is 8.29. The van der Waals surface area contributed by atoms with Gasteiger partial charge in [-0.25, -0.2) is 4.98 Å². The zero-order valence-corrected chi connectivity index (χ0v) is 13.5. The van der Waals surface area contributed by atoms with Gasteiger partial charge in [0.05, 0.1) is 17.1 Å². The van der Waals surface area contributed by atoms with Gasteiger partial charge in [0.2, 0.25) is 0 Å². The van der Waals surface area contributed by atoms with Gasteiger partial charge in [-0.2, -0.15) is 5.10 Å². The molecule has 0 aliphatic heterocycles. The molecule has 122 valence electrons. The molecule has 0 radical (unpaired) electrons. The summed E-state index contributed by atoms with van der Waals surface area (Å²) in [5.74, 6) is 1.19. The zero-order valence-electron chi connectivity index (χ0n) is 13.5. The SMILES string of the molecule is Cc1cc(C(=O)NC2C3CCC(C3)C2CO)c2cnn(C)c2n1. The van der Waals surface area contributed by atoms with Gasteiger partial charge in [0.15, 0.2) is 5.65 Å². The summed E-state index contributed by atoms with van der Waals surface area (Å²) in [4.78, 5) is 17.3. The molecule has 2 saturated carbocycles. The molecule has 4 unspecified atom stereocenters. The van der Waals surface area contributed by atoms with Crippen LogP contribution in [0.3, 0.4) is 0 Å². The Balaban J connectivity index is 1.65. The Labute approximate surface area is 134 Å². The maximum Gasteiger partial charge on any atom is 0.252 e. The van der Waals surface area contributed by atoms with E-state index in [1.165, 1.54) is 6.42 Å². The first-order valence-corrected chi connectivity index (χ1v) is 8.29. The van der Waals surface area contributed by atoms with Crippen molar-refractivity contribution in [3.63, 3.8) is 0 Å². The van der Waals surface area contributed by atoms with Crippen LogP contribution in [0.1, 0.15) is 35.3 Å². The van der Waals surface area contributed by atoms with Crippen LogP contribution in [0.2, 0.25) is 0 Å². The number of pyridine rings is 1. The Hall–Kier alpha value is -1.95. The van der Waals surface area contributed by atoms with E-state index in [1.807, 2.05) is 20.0 Å². The van der Waals surface area contributed by atoms with Crippen LogP contribution < -0.4 is 5.32 Å². The standard InChI is InChI=1S/C17H22N4O2/c1-9-5-12(13-7-18-21(2)16(13)19-9)17(23)20-15-11-4-3-10(6-11)14(15)8-22/h5,7,10-11,14-15,22H,3-4,6,8H2,1-2H3,(H,20,23). The Kier molecular flexibility index (Phi) is 3.37. The topological polar surface area (TPSA) is 80.0 Å². The molecular formula is C17H22N4O2. The monoisotopic (exact) mass is 314 g/mol. The van der Waals surface area contributed by atoms with E-state index in [1.54, 1.807) is 10.9 Å². The van der Waals surface area contributed by atoms with E-state index in [9.17, 15) is 9.90 Å². The molecule has 0 aromatic carbocycles. The number of aliphatic hydroxyl groups is 1. The van der Waals surface area contributed by atoms with Gasteiger partial charge in [-0.3, -0.25) is 9.48 Å². The lowest BCUT2D eigenvalue weighted by Gasteiger charge is -2.30. The lowest BCUT2D eigenvalue weighted by Crippen LogP contribution is -2.45. The Morgan fingerprint density at radius 1 is 1.43 bits per heavy atom. The predicted molar refractivity (Wildman–Crippen MR) is 85.9 cm³/mol. The highest BCUT2D eigenvalue weighted by atomic mass is 16.3. The number of carbonyl (C=O) groups is 1. The van der Waals surface area contributed by atoms with E-state index in [4.69, 9.17) is 0 Å². The number of hydrogen-bond donors (Lipinski definition) is 2. The Morgan fingerprint density at radius 3 is 3.00 bits per heavy atom. The third-order valence-electron chi connectivity index (χ3n) is 5.67. The van der Waals surface area contributed by atoms with Crippen molar-refractivity contribution >= 4 is 16.9 Å².